The van der Waals surface area contributed by atoms with E-state index in [9.17, 15) is 13.2 Å². The zero-order valence-electron chi connectivity index (χ0n) is 18.5. The van der Waals surface area contributed by atoms with Crippen molar-refractivity contribution in [1.29, 1.82) is 0 Å². The Bertz CT molecular complexity index is 1460. The van der Waals surface area contributed by atoms with E-state index in [1.165, 1.54) is 12.1 Å². The molecule has 0 fully saturated rings. The second-order valence-electron chi connectivity index (χ2n) is 7.85. The number of halogens is 2. The van der Waals surface area contributed by atoms with E-state index in [0.29, 0.717) is 17.3 Å². The number of hydrogen-bond acceptors (Lipinski definition) is 4. The number of rotatable bonds is 7. The number of hydrogen-bond donors (Lipinski definition) is 1. The van der Waals surface area contributed by atoms with Crippen LogP contribution in [0.15, 0.2) is 76.1 Å². The molecule has 0 spiro atoms. The molecule has 1 amide bonds. The second kappa shape index (κ2) is 9.82. The standard InChI is InChI=1S/C25H22BrClN2O4S/c1-16-13-20(14-17(2)24(16)27)33-12-11-29-22-6-4-3-5-18(22)15-23(29)25(30)28-34(31,32)21-9-7-19(26)8-10-21/h3-10,13-15H,11-12H2,1-2H3,(H,28,30). The topological polar surface area (TPSA) is 77.4 Å². The minimum absolute atomic E-state index is 0.00326. The summed E-state index contributed by atoms with van der Waals surface area (Å²) < 4.78 is 36.1. The molecule has 1 heterocycles. The molecule has 0 atom stereocenters. The van der Waals surface area contributed by atoms with Gasteiger partial charge >= 0.3 is 0 Å². The number of amides is 1. The van der Waals surface area contributed by atoms with Crippen LogP contribution in [0.2, 0.25) is 5.02 Å². The van der Waals surface area contributed by atoms with E-state index in [1.54, 1.807) is 22.8 Å². The van der Waals surface area contributed by atoms with Gasteiger partial charge in [0.2, 0.25) is 0 Å². The largest absolute Gasteiger partial charge is 0.492 e. The molecule has 6 nitrogen and oxygen atoms in total. The molecule has 9 heteroatoms. The number of aromatic nitrogens is 1. The Morgan fingerprint density at radius 3 is 2.35 bits per heavy atom. The maximum atomic E-state index is 13.1. The van der Waals surface area contributed by atoms with E-state index in [-0.39, 0.29) is 17.2 Å². The summed E-state index contributed by atoms with van der Waals surface area (Å²) in [6.07, 6.45) is 0. The van der Waals surface area contributed by atoms with Gasteiger partial charge < -0.3 is 9.30 Å². The maximum absolute atomic E-state index is 13.1. The summed E-state index contributed by atoms with van der Waals surface area (Å²) >= 11 is 9.51. The van der Waals surface area contributed by atoms with Crippen molar-refractivity contribution in [3.63, 3.8) is 0 Å². The predicted octanol–water partition coefficient (Wildman–Crippen LogP) is 5.87. The van der Waals surface area contributed by atoms with Crippen LogP contribution in [-0.2, 0) is 16.6 Å². The van der Waals surface area contributed by atoms with Crippen molar-refractivity contribution >= 4 is 54.4 Å². The number of para-hydroxylation sites is 1. The van der Waals surface area contributed by atoms with Gasteiger partial charge in [0.05, 0.1) is 11.4 Å². The normalized spacial score (nSPS) is 11.5. The molecule has 176 valence electrons. The highest BCUT2D eigenvalue weighted by Gasteiger charge is 2.22. The van der Waals surface area contributed by atoms with Gasteiger partial charge in [0.15, 0.2) is 0 Å². The van der Waals surface area contributed by atoms with Gasteiger partial charge in [-0.1, -0.05) is 45.7 Å². The van der Waals surface area contributed by atoms with E-state index in [2.05, 4.69) is 20.7 Å². The third-order valence-corrected chi connectivity index (χ3v) is 7.86. The number of nitrogens with one attached hydrogen (secondary N) is 1. The van der Waals surface area contributed by atoms with Crippen molar-refractivity contribution in [2.75, 3.05) is 6.61 Å². The number of sulfonamides is 1. The van der Waals surface area contributed by atoms with Crippen LogP contribution in [-0.4, -0.2) is 25.5 Å². The van der Waals surface area contributed by atoms with Gasteiger partial charge in [0.25, 0.3) is 15.9 Å². The Morgan fingerprint density at radius 1 is 1.03 bits per heavy atom. The number of carbonyl (C=O) groups is 1. The molecule has 0 radical (unpaired) electrons. The molecule has 0 saturated carbocycles. The number of nitrogens with zero attached hydrogens (tertiary/aromatic N) is 1. The van der Waals surface area contributed by atoms with Crippen molar-refractivity contribution in [2.45, 2.75) is 25.3 Å². The average molecular weight is 562 g/mol. The highest BCUT2D eigenvalue weighted by Crippen LogP contribution is 2.26. The third kappa shape index (κ3) is 5.14. The molecule has 0 saturated heterocycles. The van der Waals surface area contributed by atoms with Gasteiger partial charge in [-0.3, -0.25) is 4.79 Å². The lowest BCUT2D eigenvalue weighted by atomic mass is 10.1. The predicted molar refractivity (Wildman–Crippen MR) is 137 cm³/mol. The van der Waals surface area contributed by atoms with Crippen LogP contribution >= 0.6 is 27.5 Å². The fraction of sp³-hybridized carbons (Fsp3) is 0.160. The molecule has 0 aliphatic heterocycles. The Morgan fingerprint density at radius 2 is 1.68 bits per heavy atom. The van der Waals surface area contributed by atoms with Gasteiger partial charge in [-0.15, -0.1) is 0 Å². The van der Waals surface area contributed by atoms with Crippen LogP contribution < -0.4 is 9.46 Å². The fourth-order valence-corrected chi connectivity index (χ4v) is 5.07. The van der Waals surface area contributed by atoms with Gasteiger partial charge in [0, 0.05) is 20.4 Å². The van der Waals surface area contributed by atoms with E-state index in [4.69, 9.17) is 16.3 Å². The van der Waals surface area contributed by atoms with Crippen LogP contribution in [0.4, 0.5) is 0 Å². The first kappa shape index (κ1) is 24.3. The van der Waals surface area contributed by atoms with E-state index in [0.717, 1.165) is 26.5 Å². The summed E-state index contributed by atoms with van der Waals surface area (Å²) in [5.41, 5.74) is 2.87. The fourth-order valence-electron chi connectivity index (χ4n) is 3.73. The van der Waals surface area contributed by atoms with Crippen molar-refractivity contribution in [3.8, 4) is 5.75 Å². The second-order valence-corrected chi connectivity index (χ2v) is 10.8. The molecule has 0 aliphatic rings. The van der Waals surface area contributed by atoms with Gasteiger partial charge in [-0.2, -0.15) is 0 Å². The lowest BCUT2D eigenvalue weighted by Gasteiger charge is -2.14. The first-order valence-electron chi connectivity index (χ1n) is 10.5. The molecular formula is C25H22BrClN2O4S. The monoisotopic (exact) mass is 560 g/mol. The number of fused-ring (bicyclic) bond motifs is 1. The van der Waals surface area contributed by atoms with Crippen LogP contribution in [0.1, 0.15) is 21.6 Å². The summed E-state index contributed by atoms with van der Waals surface area (Å²) in [5.74, 6) is -0.0306. The van der Waals surface area contributed by atoms with Crippen molar-refractivity contribution in [1.82, 2.24) is 9.29 Å². The number of aryl methyl sites for hydroxylation is 2. The SMILES string of the molecule is Cc1cc(OCCn2c(C(=O)NS(=O)(=O)c3ccc(Br)cc3)cc3ccccc32)cc(C)c1Cl. The quantitative estimate of drug-likeness (QED) is 0.306. The highest BCUT2D eigenvalue weighted by molar-refractivity contribution is 9.10. The summed E-state index contributed by atoms with van der Waals surface area (Å²) in [4.78, 5) is 13.1. The summed E-state index contributed by atoms with van der Waals surface area (Å²) in [5, 5.41) is 1.53. The summed E-state index contributed by atoms with van der Waals surface area (Å²) in [6.45, 7) is 4.44. The van der Waals surface area contributed by atoms with Gasteiger partial charge in [-0.05, 0) is 73.5 Å². The Balaban J connectivity index is 1.58. The Kier molecular flexibility index (Phi) is 7.02. The first-order valence-corrected chi connectivity index (χ1v) is 13.1. The molecule has 0 aliphatic carbocycles. The van der Waals surface area contributed by atoms with Crippen molar-refractivity contribution in [3.05, 3.63) is 93.0 Å². The first-order chi connectivity index (χ1) is 16.2. The average Bonchev–Trinajstić information content (AvgIpc) is 3.16. The molecule has 0 unspecified atom stereocenters. The molecule has 1 aromatic heterocycles. The molecule has 34 heavy (non-hydrogen) atoms. The van der Waals surface area contributed by atoms with E-state index < -0.39 is 15.9 Å². The van der Waals surface area contributed by atoms with Crippen LogP contribution in [0.3, 0.4) is 0 Å². The highest BCUT2D eigenvalue weighted by atomic mass is 79.9. The third-order valence-electron chi connectivity index (χ3n) is 5.39. The van der Waals surface area contributed by atoms with Gasteiger partial charge in [-0.25, -0.2) is 13.1 Å². The zero-order valence-corrected chi connectivity index (χ0v) is 21.7. The minimum atomic E-state index is -4.03. The zero-order chi connectivity index (χ0) is 24.5. The molecule has 1 N–H and O–H groups in total. The molecule has 4 aromatic rings. The van der Waals surface area contributed by atoms with Crippen LogP contribution in [0, 0.1) is 13.8 Å². The van der Waals surface area contributed by atoms with Crippen LogP contribution in [0.5, 0.6) is 5.75 Å². The Hall–Kier alpha value is -2.81. The Labute approximate surface area is 211 Å². The maximum Gasteiger partial charge on any atom is 0.281 e. The van der Waals surface area contributed by atoms with E-state index in [1.807, 2.05) is 50.2 Å². The number of ether oxygens (including phenoxy) is 1. The van der Waals surface area contributed by atoms with E-state index >= 15 is 0 Å². The number of benzene rings is 3. The van der Waals surface area contributed by atoms with Crippen molar-refractivity contribution < 1.29 is 17.9 Å². The van der Waals surface area contributed by atoms with Crippen molar-refractivity contribution in [2.24, 2.45) is 0 Å². The van der Waals surface area contributed by atoms with Gasteiger partial charge in [0.1, 0.15) is 18.1 Å². The molecule has 0 bridgehead atoms. The summed E-state index contributed by atoms with van der Waals surface area (Å²) in [7, 11) is -4.03. The molecule has 3 aromatic carbocycles. The lowest BCUT2D eigenvalue weighted by molar-refractivity contribution is 0.0972. The molecule has 4 rings (SSSR count). The molecular weight excluding hydrogens is 540 g/mol. The minimum Gasteiger partial charge on any atom is -0.492 e. The van der Waals surface area contributed by atoms with Crippen LogP contribution in [0.25, 0.3) is 10.9 Å². The lowest BCUT2D eigenvalue weighted by Crippen LogP contribution is -2.32. The smallest absolute Gasteiger partial charge is 0.281 e. The summed E-state index contributed by atoms with van der Waals surface area (Å²) in [6, 6.07) is 19.0. The number of carbonyl (C=O) groups excluding carboxylic acids is 1.